The number of aromatic nitrogens is 1. The van der Waals surface area contributed by atoms with E-state index in [4.69, 9.17) is 9.40 Å². The number of para-hydroxylation sites is 2. The standard InChI is InChI=1S/C31H29N3O2S/c1-5-26-27(20-15-17-22(18-16-20)31(2,3)4)33-30(37-26)34-28(35)24-19-21-11-9-10-14-25(21)36-29(24)32-23-12-7-6-8-13-23/h6-19H,5H2,1-4H3,(H,33,34,35). The van der Waals surface area contributed by atoms with Gasteiger partial charge in [-0.1, -0.05) is 88.4 Å². The second-order valence-electron chi connectivity index (χ2n) is 9.88. The zero-order valence-corrected chi connectivity index (χ0v) is 22.2. The molecule has 2 aromatic heterocycles. The Kier molecular flexibility index (Phi) is 6.76. The molecule has 37 heavy (non-hydrogen) atoms. The molecule has 0 saturated heterocycles. The molecule has 2 heterocycles. The van der Waals surface area contributed by atoms with Crippen molar-refractivity contribution in [2.75, 3.05) is 5.32 Å². The Hall–Kier alpha value is -4.03. The van der Waals surface area contributed by atoms with E-state index in [2.05, 4.69) is 62.3 Å². The van der Waals surface area contributed by atoms with Crippen LogP contribution in [0.25, 0.3) is 22.2 Å². The smallest absolute Gasteiger partial charge is 0.262 e. The lowest BCUT2D eigenvalue weighted by Crippen LogP contribution is -2.21. The van der Waals surface area contributed by atoms with Crippen molar-refractivity contribution in [3.63, 3.8) is 0 Å². The molecule has 5 aromatic rings. The highest BCUT2D eigenvalue weighted by atomic mass is 32.1. The molecule has 1 N–H and O–H groups in total. The number of anilines is 1. The second kappa shape index (κ2) is 10.1. The van der Waals surface area contributed by atoms with Gasteiger partial charge in [-0.2, -0.15) is 0 Å². The van der Waals surface area contributed by atoms with Gasteiger partial charge < -0.3 is 4.42 Å². The van der Waals surface area contributed by atoms with E-state index in [9.17, 15) is 4.79 Å². The minimum atomic E-state index is -0.310. The summed E-state index contributed by atoms with van der Waals surface area (Å²) in [5.41, 5.74) is 5.28. The lowest BCUT2D eigenvalue weighted by molar-refractivity contribution is 0.102. The maximum Gasteiger partial charge on any atom is 0.262 e. The Morgan fingerprint density at radius 1 is 0.973 bits per heavy atom. The molecule has 0 aliphatic carbocycles. The average molecular weight is 508 g/mol. The summed E-state index contributed by atoms with van der Waals surface area (Å²) in [6.07, 6.45) is 0.823. The number of carbonyl (C=O) groups is 1. The third kappa shape index (κ3) is 5.39. The molecule has 3 aromatic carbocycles. The molecule has 0 fully saturated rings. The van der Waals surface area contributed by atoms with Crippen LogP contribution in [-0.4, -0.2) is 10.9 Å². The van der Waals surface area contributed by atoms with Crippen molar-refractivity contribution in [1.82, 2.24) is 4.98 Å². The van der Waals surface area contributed by atoms with E-state index in [-0.39, 0.29) is 16.9 Å². The molecule has 5 nitrogen and oxygen atoms in total. The molecule has 0 spiro atoms. The minimum Gasteiger partial charge on any atom is -0.438 e. The largest absolute Gasteiger partial charge is 0.438 e. The molecule has 0 unspecified atom stereocenters. The fraction of sp³-hybridized carbons (Fsp3) is 0.194. The lowest BCUT2D eigenvalue weighted by Gasteiger charge is -2.19. The van der Waals surface area contributed by atoms with E-state index in [1.807, 2.05) is 60.7 Å². The summed E-state index contributed by atoms with van der Waals surface area (Å²) in [6.45, 7) is 8.71. The first-order valence-electron chi connectivity index (χ1n) is 12.4. The molecule has 5 rings (SSSR count). The lowest BCUT2D eigenvalue weighted by atomic mass is 9.86. The zero-order valence-electron chi connectivity index (χ0n) is 21.4. The molecule has 0 saturated carbocycles. The van der Waals surface area contributed by atoms with Crippen molar-refractivity contribution in [2.24, 2.45) is 4.99 Å². The van der Waals surface area contributed by atoms with Crippen LogP contribution in [0.2, 0.25) is 0 Å². The highest BCUT2D eigenvalue weighted by Gasteiger charge is 2.19. The molecule has 6 heteroatoms. The average Bonchev–Trinajstić information content (AvgIpc) is 3.31. The van der Waals surface area contributed by atoms with E-state index >= 15 is 0 Å². The monoisotopic (exact) mass is 507 g/mol. The summed E-state index contributed by atoms with van der Waals surface area (Å²) in [7, 11) is 0. The van der Waals surface area contributed by atoms with Gasteiger partial charge in [0.25, 0.3) is 5.91 Å². The molecular weight excluding hydrogens is 478 g/mol. The Labute approximate surface area is 220 Å². The van der Waals surface area contributed by atoms with Gasteiger partial charge in [0, 0.05) is 15.8 Å². The van der Waals surface area contributed by atoms with Gasteiger partial charge in [-0.05, 0) is 41.7 Å². The van der Waals surface area contributed by atoms with E-state index in [1.54, 1.807) is 0 Å². The molecule has 0 aliphatic heterocycles. The second-order valence-corrected chi connectivity index (χ2v) is 11.0. The van der Waals surface area contributed by atoms with Gasteiger partial charge in [-0.3, -0.25) is 10.1 Å². The Morgan fingerprint density at radius 3 is 2.38 bits per heavy atom. The topological polar surface area (TPSA) is 67.5 Å². The number of nitrogens with one attached hydrogen (secondary N) is 1. The van der Waals surface area contributed by atoms with Gasteiger partial charge in [0.2, 0.25) is 5.55 Å². The summed E-state index contributed by atoms with van der Waals surface area (Å²) >= 11 is 1.50. The number of amides is 1. The third-order valence-corrected chi connectivity index (χ3v) is 7.27. The molecule has 186 valence electrons. The third-order valence-electron chi connectivity index (χ3n) is 6.15. The van der Waals surface area contributed by atoms with Crippen LogP contribution in [0.1, 0.15) is 48.5 Å². The van der Waals surface area contributed by atoms with E-state index in [1.165, 1.54) is 16.9 Å². The van der Waals surface area contributed by atoms with Gasteiger partial charge >= 0.3 is 0 Å². The van der Waals surface area contributed by atoms with E-state index in [0.29, 0.717) is 22.0 Å². The predicted octanol–water partition coefficient (Wildman–Crippen LogP) is 7.90. The van der Waals surface area contributed by atoms with Crippen molar-refractivity contribution in [3.8, 4) is 11.3 Å². The Bertz CT molecular complexity index is 1630. The predicted molar refractivity (Wildman–Crippen MR) is 151 cm³/mol. The fourth-order valence-electron chi connectivity index (χ4n) is 4.10. The van der Waals surface area contributed by atoms with Crippen molar-refractivity contribution in [2.45, 2.75) is 39.5 Å². The summed E-state index contributed by atoms with van der Waals surface area (Å²) in [5.74, 6) is -0.310. The number of hydrogen-bond acceptors (Lipinski definition) is 5. The van der Waals surface area contributed by atoms with Crippen molar-refractivity contribution < 1.29 is 9.21 Å². The van der Waals surface area contributed by atoms with Gasteiger partial charge in [0.15, 0.2) is 5.13 Å². The van der Waals surface area contributed by atoms with Gasteiger partial charge in [0.05, 0.1) is 11.4 Å². The number of aryl methyl sites for hydroxylation is 1. The number of benzene rings is 3. The summed E-state index contributed by atoms with van der Waals surface area (Å²) < 4.78 is 6.07. The number of fused-ring (bicyclic) bond motifs is 1. The van der Waals surface area contributed by atoms with Gasteiger partial charge in [0.1, 0.15) is 11.1 Å². The van der Waals surface area contributed by atoms with Crippen LogP contribution >= 0.6 is 11.3 Å². The highest BCUT2D eigenvalue weighted by Crippen LogP contribution is 2.33. The van der Waals surface area contributed by atoms with E-state index < -0.39 is 0 Å². The van der Waals surface area contributed by atoms with Crippen LogP contribution in [0.4, 0.5) is 10.8 Å². The summed E-state index contributed by atoms with van der Waals surface area (Å²) in [4.78, 5) is 24.1. The number of thiazole rings is 1. The molecule has 0 bridgehead atoms. The first-order valence-corrected chi connectivity index (χ1v) is 13.2. The number of nitrogens with zero attached hydrogens (tertiary/aromatic N) is 2. The molecule has 0 radical (unpaired) electrons. The quantitative estimate of drug-likeness (QED) is 0.263. The maximum atomic E-state index is 13.5. The highest BCUT2D eigenvalue weighted by molar-refractivity contribution is 7.16. The normalized spacial score (nSPS) is 12.2. The van der Waals surface area contributed by atoms with Crippen LogP contribution < -0.4 is 10.9 Å². The first-order chi connectivity index (χ1) is 17.8. The molecule has 0 atom stereocenters. The van der Waals surface area contributed by atoms with Crippen molar-refractivity contribution >= 4 is 39.0 Å². The summed E-state index contributed by atoms with van der Waals surface area (Å²) in [5, 5.41) is 4.38. The SMILES string of the molecule is CCc1sc(NC(=O)c2cc3ccccc3oc2=Nc2ccccc2)nc1-c1ccc(C(C)(C)C)cc1. The Morgan fingerprint density at radius 2 is 1.68 bits per heavy atom. The minimum absolute atomic E-state index is 0.0841. The van der Waals surface area contributed by atoms with Crippen LogP contribution in [0.3, 0.4) is 0 Å². The van der Waals surface area contributed by atoms with E-state index in [0.717, 1.165) is 27.9 Å². The van der Waals surface area contributed by atoms with Crippen LogP contribution in [0.15, 0.2) is 94.3 Å². The number of hydrogen-bond donors (Lipinski definition) is 1. The van der Waals surface area contributed by atoms with Gasteiger partial charge in [-0.15, -0.1) is 11.3 Å². The first kappa shape index (κ1) is 24.7. The Balaban J connectivity index is 1.51. The van der Waals surface area contributed by atoms with Crippen molar-refractivity contribution in [1.29, 1.82) is 0 Å². The fourth-order valence-corrected chi connectivity index (χ4v) is 5.02. The number of carbonyl (C=O) groups excluding carboxylic acids is 1. The zero-order chi connectivity index (χ0) is 26.0. The maximum absolute atomic E-state index is 13.5. The van der Waals surface area contributed by atoms with Crippen LogP contribution in [0.5, 0.6) is 0 Å². The molecule has 0 aliphatic rings. The number of rotatable bonds is 5. The van der Waals surface area contributed by atoms with Crippen LogP contribution in [0, 0.1) is 0 Å². The summed E-state index contributed by atoms with van der Waals surface area (Å²) in [6, 6.07) is 27.4. The van der Waals surface area contributed by atoms with Crippen LogP contribution in [-0.2, 0) is 11.8 Å². The molecular formula is C31H29N3O2S. The van der Waals surface area contributed by atoms with Crippen molar-refractivity contribution in [3.05, 3.63) is 106 Å². The van der Waals surface area contributed by atoms with Gasteiger partial charge in [-0.25, -0.2) is 9.98 Å². The molecule has 1 amide bonds.